The van der Waals surface area contributed by atoms with Crippen LogP contribution in [0.5, 0.6) is 0 Å². The number of hydrogen-bond donors (Lipinski definition) is 1. The molecule has 0 radical (unpaired) electrons. The molecule has 0 aromatic heterocycles. The van der Waals surface area contributed by atoms with Gasteiger partial charge in [-0.25, -0.2) is 0 Å². The first kappa shape index (κ1) is 11.6. The molecule has 0 saturated heterocycles. The molecule has 4 heteroatoms. The second-order valence-corrected chi connectivity index (χ2v) is 4.52. The van der Waals surface area contributed by atoms with Crippen molar-refractivity contribution in [2.75, 3.05) is 17.5 Å². The highest BCUT2D eigenvalue weighted by atomic mass is 15.8. The summed E-state index contributed by atoms with van der Waals surface area (Å²) in [5.41, 5.74) is 7.23. The van der Waals surface area contributed by atoms with Gasteiger partial charge in [-0.3, -0.25) is 10.4 Å². The van der Waals surface area contributed by atoms with Gasteiger partial charge in [0.05, 0.1) is 29.6 Å². The Labute approximate surface area is 112 Å². The maximum atomic E-state index is 9.01. The first-order valence-corrected chi connectivity index (χ1v) is 6.14. The van der Waals surface area contributed by atoms with Crippen LogP contribution in [0.3, 0.4) is 0 Å². The van der Waals surface area contributed by atoms with Gasteiger partial charge in [0.15, 0.2) is 0 Å². The highest BCUT2D eigenvalue weighted by molar-refractivity contribution is 5.74. The van der Waals surface area contributed by atoms with Crippen LogP contribution in [-0.2, 0) is 6.54 Å². The number of anilines is 2. The van der Waals surface area contributed by atoms with Gasteiger partial charge in [0, 0.05) is 7.05 Å². The number of nitriles is 1. The third kappa shape index (κ3) is 2.12. The Hall–Kier alpha value is -2.51. The van der Waals surface area contributed by atoms with E-state index >= 15 is 0 Å². The zero-order valence-electron chi connectivity index (χ0n) is 10.7. The minimum Gasteiger partial charge on any atom is -0.299 e. The molecule has 2 aromatic rings. The zero-order chi connectivity index (χ0) is 13.2. The first-order valence-electron chi connectivity index (χ1n) is 6.14. The van der Waals surface area contributed by atoms with Gasteiger partial charge in [-0.15, -0.1) is 5.12 Å². The summed E-state index contributed by atoms with van der Waals surface area (Å²) in [6.07, 6.45) is 0. The number of hydrogen-bond acceptors (Lipinski definition) is 4. The van der Waals surface area contributed by atoms with Gasteiger partial charge >= 0.3 is 0 Å². The van der Waals surface area contributed by atoms with Crippen molar-refractivity contribution >= 4 is 11.4 Å². The molecule has 1 N–H and O–H groups in total. The molecule has 0 fully saturated rings. The number of benzene rings is 2. The van der Waals surface area contributed by atoms with Crippen molar-refractivity contribution in [3.8, 4) is 6.07 Å². The van der Waals surface area contributed by atoms with E-state index in [1.807, 2.05) is 48.6 Å². The van der Waals surface area contributed by atoms with E-state index in [-0.39, 0.29) is 0 Å². The lowest BCUT2D eigenvalue weighted by molar-refractivity contribution is 0.381. The monoisotopic (exact) mass is 250 g/mol. The fourth-order valence-corrected chi connectivity index (χ4v) is 2.25. The molecule has 0 unspecified atom stereocenters. The number of nitrogens with zero attached hydrogens (tertiary/aromatic N) is 3. The van der Waals surface area contributed by atoms with Crippen LogP contribution in [0.15, 0.2) is 48.5 Å². The molecule has 19 heavy (non-hydrogen) atoms. The highest BCUT2D eigenvalue weighted by Crippen LogP contribution is 2.34. The lowest BCUT2D eigenvalue weighted by atomic mass is 10.1. The van der Waals surface area contributed by atoms with Crippen LogP contribution in [0.1, 0.15) is 11.1 Å². The van der Waals surface area contributed by atoms with Gasteiger partial charge in [-0.05, 0) is 23.8 Å². The van der Waals surface area contributed by atoms with Crippen LogP contribution >= 0.6 is 0 Å². The quantitative estimate of drug-likeness (QED) is 0.890. The summed E-state index contributed by atoms with van der Waals surface area (Å²) < 4.78 is 0. The molecular formula is C15H14N4. The molecule has 1 aliphatic heterocycles. The predicted octanol–water partition coefficient (Wildman–Crippen LogP) is 2.75. The first-order chi connectivity index (χ1) is 9.28. The third-order valence-corrected chi connectivity index (χ3v) is 3.22. The van der Waals surface area contributed by atoms with Crippen LogP contribution in [0.25, 0.3) is 0 Å². The Morgan fingerprint density at radius 2 is 1.95 bits per heavy atom. The van der Waals surface area contributed by atoms with Crippen molar-refractivity contribution in [1.82, 2.24) is 5.12 Å². The van der Waals surface area contributed by atoms with E-state index in [4.69, 9.17) is 5.26 Å². The van der Waals surface area contributed by atoms with Crippen LogP contribution in [0.4, 0.5) is 11.4 Å². The topological polar surface area (TPSA) is 42.3 Å². The number of fused-ring (bicyclic) bond motifs is 1. The lowest BCUT2D eigenvalue weighted by Gasteiger charge is -2.25. The van der Waals surface area contributed by atoms with Crippen LogP contribution in [0, 0.1) is 11.3 Å². The minimum absolute atomic E-state index is 0.675. The van der Waals surface area contributed by atoms with Gasteiger partial charge < -0.3 is 0 Å². The minimum atomic E-state index is 0.675. The Morgan fingerprint density at radius 1 is 1.16 bits per heavy atom. The maximum Gasteiger partial charge on any atom is 0.0992 e. The molecule has 3 rings (SSSR count). The van der Waals surface area contributed by atoms with E-state index in [0.29, 0.717) is 5.56 Å². The maximum absolute atomic E-state index is 9.01. The Bertz CT molecular complexity index is 630. The van der Waals surface area contributed by atoms with E-state index in [0.717, 1.165) is 17.9 Å². The third-order valence-electron chi connectivity index (χ3n) is 3.22. The smallest absolute Gasteiger partial charge is 0.0992 e. The molecule has 0 aliphatic carbocycles. The van der Waals surface area contributed by atoms with E-state index in [2.05, 4.69) is 28.6 Å². The average molecular weight is 250 g/mol. The van der Waals surface area contributed by atoms with Gasteiger partial charge in [0.1, 0.15) is 0 Å². The number of rotatable bonds is 2. The molecular weight excluding hydrogens is 236 g/mol. The molecule has 1 heterocycles. The number of hydrazine groups is 2. The fraction of sp³-hybridized carbons (Fsp3) is 0.133. The normalized spacial score (nSPS) is 13.8. The molecule has 0 spiro atoms. The predicted molar refractivity (Wildman–Crippen MR) is 75.2 cm³/mol. The fourth-order valence-electron chi connectivity index (χ4n) is 2.25. The molecule has 1 aliphatic rings. The van der Waals surface area contributed by atoms with Crippen molar-refractivity contribution < 1.29 is 0 Å². The standard InChI is InChI=1S/C15H14N4/c1-18-17-14-8-7-13(10-16)9-15(14)19(18)11-12-5-3-2-4-6-12/h2-9,17H,11H2,1H3. The summed E-state index contributed by atoms with van der Waals surface area (Å²) in [4.78, 5) is 0. The molecule has 0 atom stereocenters. The molecule has 0 amide bonds. The van der Waals surface area contributed by atoms with Crippen molar-refractivity contribution in [3.63, 3.8) is 0 Å². The molecule has 0 bridgehead atoms. The van der Waals surface area contributed by atoms with Crippen molar-refractivity contribution in [1.29, 1.82) is 5.26 Å². The SMILES string of the molecule is CN1Nc2ccc(C#N)cc2N1Cc1ccccc1. The largest absolute Gasteiger partial charge is 0.299 e. The van der Waals surface area contributed by atoms with Gasteiger partial charge in [-0.1, -0.05) is 30.3 Å². The number of nitrogens with one attached hydrogen (secondary N) is 1. The van der Waals surface area contributed by atoms with E-state index in [1.165, 1.54) is 5.56 Å². The van der Waals surface area contributed by atoms with Crippen molar-refractivity contribution in [2.24, 2.45) is 0 Å². The Balaban J connectivity index is 1.94. The average Bonchev–Trinajstić information content (AvgIpc) is 2.76. The summed E-state index contributed by atoms with van der Waals surface area (Å²) in [6, 6.07) is 18.1. The summed E-state index contributed by atoms with van der Waals surface area (Å²) in [5.74, 6) is 0. The summed E-state index contributed by atoms with van der Waals surface area (Å²) in [6.45, 7) is 0.770. The second kappa shape index (κ2) is 4.63. The molecule has 0 saturated carbocycles. The van der Waals surface area contributed by atoms with Crippen molar-refractivity contribution in [3.05, 3.63) is 59.7 Å². The Morgan fingerprint density at radius 3 is 2.68 bits per heavy atom. The van der Waals surface area contributed by atoms with E-state index in [9.17, 15) is 0 Å². The van der Waals surface area contributed by atoms with Crippen LogP contribution in [0.2, 0.25) is 0 Å². The Kier molecular flexibility index (Phi) is 2.82. The molecule has 4 nitrogen and oxygen atoms in total. The molecule has 2 aromatic carbocycles. The second-order valence-electron chi connectivity index (χ2n) is 4.52. The van der Waals surface area contributed by atoms with E-state index < -0.39 is 0 Å². The summed E-state index contributed by atoms with van der Waals surface area (Å²) in [7, 11) is 1.97. The van der Waals surface area contributed by atoms with Gasteiger partial charge in [0.25, 0.3) is 0 Å². The van der Waals surface area contributed by atoms with Crippen LogP contribution in [-0.4, -0.2) is 12.2 Å². The summed E-state index contributed by atoms with van der Waals surface area (Å²) >= 11 is 0. The van der Waals surface area contributed by atoms with Crippen LogP contribution < -0.4 is 10.4 Å². The molecule has 94 valence electrons. The highest BCUT2D eigenvalue weighted by Gasteiger charge is 2.24. The van der Waals surface area contributed by atoms with Gasteiger partial charge in [0.2, 0.25) is 0 Å². The van der Waals surface area contributed by atoms with Gasteiger partial charge in [-0.2, -0.15) is 5.26 Å². The summed E-state index contributed by atoms with van der Waals surface area (Å²) in [5, 5.41) is 13.1. The van der Waals surface area contributed by atoms with E-state index in [1.54, 1.807) is 0 Å². The van der Waals surface area contributed by atoms with Crippen molar-refractivity contribution in [2.45, 2.75) is 6.54 Å². The zero-order valence-corrected chi connectivity index (χ0v) is 10.7. The lowest BCUT2D eigenvalue weighted by Crippen LogP contribution is -2.37.